The Morgan fingerprint density at radius 2 is 1.62 bits per heavy atom. The molecule has 0 aromatic carbocycles. The van der Waals surface area contributed by atoms with Gasteiger partial charge < -0.3 is 4.79 Å². The third kappa shape index (κ3) is 20.8. The number of thiol groups is 3. The maximum atomic E-state index is 9.44. The van der Waals surface area contributed by atoms with Crippen molar-refractivity contribution in [2.75, 3.05) is 34.5 Å². The van der Waals surface area contributed by atoms with E-state index in [0.29, 0.717) is 5.25 Å². The first kappa shape index (κ1) is 19.8. The highest BCUT2D eigenvalue weighted by Gasteiger charge is 2.05. The SMILES string of the molecule is CC(C)=O.SCCSCC(CS)SCCS. The van der Waals surface area contributed by atoms with E-state index < -0.39 is 0 Å². The molecule has 0 aliphatic rings. The maximum Gasteiger partial charge on any atom is 0.126 e. The van der Waals surface area contributed by atoms with Crippen molar-refractivity contribution in [2.24, 2.45) is 0 Å². The summed E-state index contributed by atoms with van der Waals surface area (Å²) in [6, 6.07) is 0. The number of carbonyl (C=O) groups excluding carboxylic acids is 1. The zero-order chi connectivity index (χ0) is 12.8. The summed E-state index contributed by atoms with van der Waals surface area (Å²) in [5, 5.41) is 0.686. The van der Waals surface area contributed by atoms with Crippen LogP contribution in [0, 0.1) is 0 Å². The molecule has 0 aromatic heterocycles. The Balaban J connectivity index is 0. The number of rotatable bonds is 8. The molecule has 0 aromatic rings. The van der Waals surface area contributed by atoms with Gasteiger partial charge in [-0.3, -0.25) is 0 Å². The molecular weight excluding hydrogens is 296 g/mol. The molecular formula is C10H22OS5. The Morgan fingerprint density at radius 1 is 1.12 bits per heavy atom. The molecule has 98 valence electrons. The predicted molar refractivity (Wildman–Crippen MR) is 91.5 cm³/mol. The lowest BCUT2D eigenvalue weighted by molar-refractivity contribution is -0.114. The Morgan fingerprint density at radius 3 is 2.00 bits per heavy atom. The van der Waals surface area contributed by atoms with Gasteiger partial charge in [-0.1, -0.05) is 0 Å². The van der Waals surface area contributed by atoms with Crippen LogP contribution in [-0.2, 0) is 4.79 Å². The van der Waals surface area contributed by atoms with E-state index in [1.165, 1.54) is 19.6 Å². The molecule has 0 amide bonds. The first-order valence-electron chi connectivity index (χ1n) is 5.07. The zero-order valence-electron chi connectivity index (χ0n) is 9.89. The lowest BCUT2D eigenvalue weighted by atomic mass is 10.5. The molecule has 0 radical (unpaired) electrons. The van der Waals surface area contributed by atoms with Crippen LogP contribution in [-0.4, -0.2) is 45.6 Å². The third-order valence-electron chi connectivity index (χ3n) is 1.19. The van der Waals surface area contributed by atoms with E-state index in [2.05, 4.69) is 37.9 Å². The molecule has 0 fully saturated rings. The highest BCUT2D eigenvalue weighted by molar-refractivity contribution is 8.04. The predicted octanol–water partition coefficient (Wildman–Crippen LogP) is 3.21. The molecule has 0 rings (SSSR count). The minimum Gasteiger partial charge on any atom is -0.300 e. The second-order valence-electron chi connectivity index (χ2n) is 3.11. The van der Waals surface area contributed by atoms with E-state index in [9.17, 15) is 4.79 Å². The van der Waals surface area contributed by atoms with Gasteiger partial charge in [-0.05, 0) is 25.4 Å². The van der Waals surface area contributed by atoms with Gasteiger partial charge in [-0.15, -0.1) is 0 Å². The van der Waals surface area contributed by atoms with Gasteiger partial charge in [0.2, 0.25) is 0 Å². The summed E-state index contributed by atoms with van der Waals surface area (Å²) in [5.74, 6) is 6.55. The molecule has 0 aliphatic carbocycles. The Labute approximate surface area is 125 Å². The largest absolute Gasteiger partial charge is 0.300 e. The summed E-state index contributed by atoms with van der Waals surface area (Å²) < 4.78 is 0. The average molecular weight is 319 g/mol. The fourth-order valence-corrected chi connectivity index (χ4v) is 3.87. The number of Topliss-reactive ketones (excluding diaryl/α,β-unsaturated/α-hetero) is 1. The summed E-state index contributed by atoms with van der Waals surface area (Å²) in [6.45, 7) is 3.06. The van der Waals surface area contributed by atoms with Crippen molar-refractivity contribution >= 4 is 67.2 Å². The first-order chi connectivity index (χ1) is 7.58. The van der Waals surface area contributed by atoms with E-state index >= 15 is 0 Å². The van der Waals surface area contributed by atoms with Crippen molar-refractivity contribution in [3.63, 3.8) is 0 Å². The van der Waals surface area contributed by atoms with Crippen molar-refractivity contribution < 1.29 is 4.79 Å². The Bertz CT molecular complexity index is 150. The van der Waals surface area contributed by atoms with Gasteiger partial charge in [-0.2, -0.15) is 61.4 Å². The van der Waals surface area contributed by atoms with Crippen LogP contribution in [0.2, 0.25) is 0 Å². The molecule has 0 aliphatic heterocycles. The third-order valence-corrected chi connectivity index (χ3v) is 5.51. The fraction of sp³-hybridized carbons (Fsp3) is 0.900. The molecule has 1 atom stereocenters. The van der Waals surface area contributed by atoms with Crippen LogP contribution in [0.15, 0.2) is 0 Å². The standard InChI is InChI=1S/C7H16S5.C3H6O/c8-1-3-11-6-7(5-10)12-4-2-9;1-3(2)4/h7-10H,1-6H2;1-2H3. The monoisotopic (exact) mass is 318 g/mol. The lowest BCUT2D eigenvalue weighted by Gasteiger charge is -2.12. The van der Waals surface area contributed by atoms with Crippen LogP contribution >= 0.6 is 61.4 Å². The molecule has 0 saturated heterocycles. The topological polar surface area (TPSA) is 17.1 Å². The number of ketones is 1. The van der Waals surface area contributed by atoms with E-state index in [0.717, 1.165) is 28.8 Å². The van der Waals surface area contributed by atoms with Gasteiger partial charge in [0.25, 0.3) is 0 Å². The summed E-state index contributed by atoms with van der Waals surface area (Å²) in [6.07, 6.45) is 0. The van der Waals surface area contributed by atoms with Crippen LogP contribution in [0.1, 0.15) is 13.8 Å². The molecule has 6 heteroatoms. The van der Waals surface area contributed by atoms with E-state index in [-0.39, 0.29) is 5.78 Å². The lowest BCUT2D eigenvalue weighted by Crippen LogP contribution is -2.10. The maximum absolute atomic E-state index is 9.44. The highest BCUT2D eigenvalue weighted by atomic mass is 32.2. The number of hydrogen-bond acceptors (Lipinski definition) is 6. The number of hydrogen-bond donors (Lipinski definition) is 3. The Kier molecular flexibility index (Phi) is 20.3. The molecule has 0 bridgehead atoms. The molecule has 0 saturated carbocycles. The summed E-state index contributed by atoms with van der Waals surface area (Å²) >= 11 is 16.6. The molecule has 16 heavy (non-hydrogen) atoms. The van der Waals surface area contributed by atoms with E-state index in [1.54, 1.807) is 0 Å². The van der Waals surface area contributed by atoms with Gasteiger partial charge in [-0.25, -0.2) is 0 Å². The first-order valence-corrected chi connectivity index (χ1v) is 9.17. The van der Waals surface area contributed by atoms with Gasteiger partial charge >= 0.3 is 0 Å². The van der Waals surface area contributed by atoms with Crippen LogP contribution in [0.25, 0.3) is 0 Å². The van der Waals surface area contributed by atoms with E-state index in [4.69, 9.17) is 0 Å². The minimum atomic E-state index is 0.167. The number of thioether (sulfide) groups is 2. The second-order valence-corrected chi connectivity index (χ2v) is 6.92. The van der Waals surface area contributed by atoms with Crippen molar-refractivity contribution in [3.05, 3.63) is 0 Å². The minimum absolute atomic E-state index is 0.167. The molecule has 1 nitrogen and oxygen atoms in total. The van der Waals surface area contributed by atoms with Crippen molar-refractivity contribution in [1.29, 1.82) is 0 Å². The second kappa shape index (κ2) is 16.4. The average Bonchev–Trinajstić information content (AvgIpc) is 2.22. The van der Waals surface area contributed by atoms with Crippen molar-refractivity contribution in [1.82, 2.24) is 0 Å². The summed E-state index contributed by atoms with van der Waals surface area (Å²) in [7, 11) is 0. The smallest absolute Gasteiger partial charge is 0.126 e. The Hall–Kier alpha value is 1.42. The van der Waals surface area contributed by atoms with Crippen LogP contribution in [0.5, 0.6) is 0 Å². The van der Waals surface area contributed by atoms with E-state index in [1.807, 2.05) is 23.5 Å². The summed E-state index contributed by atoms with van der Waals surface area (Å²) in [5.41, 5.74) is 0. The number of carbonyl (C=O) groups is 1. The van der Waals surface area contributed by atoms with Crippen molar-refractivity contribution in [2.45, 2.75) is 19.1 Å². The summed E-state index contributed by atoms with van der Waals surface area (Å²) in [4.78, 5) is 9.44. The van der Waals surface area contributed by atoms with Gasteiger partial charge in [0, 0.05) is 28.3 Å². The van der Waals surface area contributed by atoms with Crippen LogP contribution in [0.3, 0.4) is 0 Å². The van der Waals surface area contributed by atoms with Gasteiger partial charge in [0.05, 0.1) is 0 Å². The molecule has 0 heterocycles. The molecule has 0 spiro atoms. The molecule has 0 N–H and O–H groups in total. The normalized spacial score (nSPS) is 11.6. The van der Waals surface area contributed by atoms with Crippen molar-refractivity contribution in [3.8, 4) is 0 Å². The van der Waals surface area contributed by atoms with Crippen LogP contribution < -0.4 is 0 Å². The zero-order valence-corrected chi connectivity index (χ0v) is 14.2. The van der Waals surface area contributed by atoms with Gasteiger partial charge in [0.15, 0.2) is 0 Å². The highest BCUT2D eigenvalue weighted by Crippen LogP contribution is 2.18. The fourth-order valence-electron chi connectivity index (χ4n) is 0.652. The molecule has 1 unspecified atom stereocenters. The van der Waals surface area contributed by atoms with Gasteiger partial charge in [0.1, 0.15) is 5.78 Å². The van der Waals surface area contributed by atoms with Crippen LogP contribution in [0.4, 0.5) is 0 Å². The quantitative estimate of drug-likeness (QED) is 0.471.